The van der Waals surface area contributed by atoms with Crippen LogP contribution in [0, 0.1) is 17.1 Å². The SMILES string of the molecule is CO[C@H](C(=O)NCc1ccc(C#N)cc1)c1cc(Br)ccc1F. The molecule has 1 amide bonds. The molecule has 0 unspecified atom stereocenters. The summed E-state index contributed by atoms with van der Waals surface area (Å²) < 4.78 is 19.7. The summed E-state index contributed by atoms with van der Waals surface area (Å²) in [5.41, 5.74) is 1.55. The molecule has 0 aliphatic heterocycles. The summed E-state index contributed by atoms with van der Waals surface area (Å²) in [5.74, 6) is -0.942. The second-order valence-corrected chi connectivity index (χ2v) is 5.72. The molecule has 0 bridgehead atoms. The first-order chi connectivity index (χ1) is 11.0. The van der Waals surface area contributed by atoms with Gasteiger partial charge in [-0.2, -0.15) is 5.26 Å². The van der Waals surface area contributed by atoms with E-state index in [-0.39, 0.29) is 12.1 Å². The van der Waals surface area contributed by atoms with Crippen molar-refractivity contribution in [1.29, 1.82) is 5.26 Å². The molecule has 23 heavy (non-hydrogen) atoms. The Bertz CT molecular complexity index is 741. The maximum atomic E-state index is 13.9. The number of halogens is 2. The highest BCUT2D eigenvalue weighted by Crippen LogP contribution is 2.24. The van der Waals surface area contributed by atoms with Crippen LogP contribution in [0.15, 0.2) is 46.9 Å². The summed E-state index contributed by atoms with van der Waals surface area (Å²) in [5, 5.41) is 11.5. The standard InChI is InChI=1S/C17H14BrFN2O2/c1-23-16(14-8-13(18)6-7-15(14)19)17(22)21-10-12-4-2-11(9-20)3-5-12/h2-8,16H,10H2,1H3,(H,21,22)/t16-/m0/s1. The molecule has 2 rings (SSSR count). The molecule has 1 N–H and O–H groups in total. The Kier molecular flexibility index (Phi) is 5.85. The van der Waals surface area contributed by atoms with E-state index in [0.717, 1.165) is 5.56 Å². The van der Waals surface area contributed by atoms with E-state index in [1.807, 2.05) is 6.07 Å². The predicted octanol–water partition coefficient (Wildman–Crippen LogP) is 3.46. The number of nitrogens with one attached hydrogen (secondary N) is 1. The lowest BCUT2D eigenvalue weighted by molar-refractivity contribution is -0.131. The van der Waals surface area contributed by atoms with Crippen molar-refractivity contribution >= 4 is 21.8 Å². The first kappa shape index (κ1) is 17.1. The van der Waals surface area contributed by atoms with Crippen molar-refractivity contribution < 1.29 is 13.9 Å². The molecule has 0 aliphatic rings. The predicted molar refractivity (Wildman–Crippen MR) is 86.9 cm³/mol. The number of methoxy groups -OCH3 is 1. The minimum absolute atomic E-state index is 0.166. The van der Waals surface area contributed by atoms with Crippen LogP contribution in [-0.2, 0) is 16.1 Å². The van der Waals surface area contributed by atoms with E-state index in [2.05, 4.69) is 21.2 Å². The van der Waals surface area contributed by atoms with E-state index in [0.29, 0.717) is 10.0 Å². The number of rotatable bonds is 5. The molecule has 0 radical (unpaired) electrons. The maximum absolute atomic E-state index is 13.9. The van der Waals surface area contributed by atoms with Crippen LogP contribution < -0.4 is 5.32 Å². The maximum Gasteiger partial charge on any atom is 0.254 e. The summed E-state index contributed by atoms with van der Waals surface area (Å²) >= 11 is 3.25. The summed E-state index contributed by atoms with van der Waals surface area (Å²) in [6.45, 7) is 0.264. The van der Waals surface area contributed by atoms with E-state index >= 15 is 0 Å². The first-order valence-electron chi connectivity index (χ1n) is 6.79. The number of ether oxygens (including phenoxy) is 1. The molecule has 0 saturated heterocycles. The van der Waals surface area contributed by atoms with Crippen molar-refractivity contribution in [2.45, 2.75) is 12.6 Å². The quantitative estimate of drug-likeness (QED) is 0.868. The van der Waals surface area contributed by atoms with Gasteiger partial charge in [0.2, 0.25) is 0 Å². The second-order valence-electron chi connectivity index (χ2n) is 4.81. The van der Waals surface area contributed by atoms with Gasteiger partial charge in [-0.1, -0.05) is 28.1 Å². The van der Waals surface area contributed by atoms with Crippen molar-refractivity contribution in [1.82, 2.24) is 5.32 Å². The number of benzene rings is 2. The summed E-state index contributed by atoms with van der Waals surface area (Å²) in [6, 6.07) is 13.2. The van der Waals surface area contributed by atoms with Crippen LogP contribution in [-0.4, -0.2) is 13.0 Å². The van der Waals surface area contributed by atoms with E-state index in [1.54, 1.807) is 30.3 Å². The number of amides is 1. The number of carbonyl (C=O) groups excluding carboxylic acids is 1. The van der Waals surface area contributed by atoms with Crippen molar-refractivity contribution in [2.24, 2.45) is 0 Å². The Morgan fingerprint density at radius 3 is 2.65 bits per heavy atom. The lowest BCUT2D eigenvalue weighted by Crippen LogP contribution is -2.30. The Morgan fingerprint density at radius 1 is 1.35 bits per heavy atom. The number of hydrogen-bond acceptors (Lipinski definition) is 3. The summed E-state index contributed by atoms with van der Waals surface area (Å²) in [7, 11) is 1.35. The first-order valence-corrected chi connectivity index (χ1v) is 7.59. The van der Waals surface area contributed by atoms with Gasteiger partial charge in [-0.25, -0.2) is 4.39 Å². The lowest BCUT2D eigenvalue weighted by Gasteiger charge is -2.16. The molecule has 0 heterocycles. The number of carbonyl (C=O) groups is 1. The second kappa shape index (κ2) is 7.86. The highest BCUT2D eigenvalue weighted by molar-refractivity contribution is 9.10. The topological polar surface area (TPSA) is 62.1 Å². The average Bonchev–Trinajstić information content (AvgIpc) is 2.57. The zero-order chi connectivity index (χ0) is 16.8. The molecular weight excluding hydrogens is 363 g/mol. The molecule has 2 aromatic rings. The molecular formula is C17H14BrFN2O2. The minimum Gasteiger partial charge on any atom is -0.367 e. The van der Waals surface area contributed by atoms with Crippen LogP contribution in [0.3, 0.4) is 0 Å². The molecule has 0 fully saturated rings. The van der Waals surface area contributed by atoms with Gasteiger partial charge in [0, 0.05) is 23.7 Å². The molecule has 0 spiro atoms. The molecule has 0 saturated carbocycles. The van der Waals surface area contributed by atoms with E-state index in [9.17, 15) is 9.18 Å². The van der Waals surface area contributed by atoms with Crippen LogP contribution in [0.25, 0.3) is 0 Å². The average molecular weight is 377 g/mol. The fraction of sp³-hybridized carbons (Fsp3) is 0.176. The largest absolute Gasteiger partial charge is 0.367 e. The molecule has 6 heteroatoms. The molecule has 0 aromatic heterocycles. The van der Waals surface area contributed by atoms with Gasteiger partial charge in [-0.3, -0.25) is 4.79 Å². The van der Waals surface area contributed by atoms with Crippen LogP contribution in [0.4, 0.5) is 4.39 Å². The number of nitriles is 1. The highest BCUT2D eigenvalue weighted by Gasteiger charge is 2.23. The van der Waals surface area contributed by atoms with Gasteiger partial charge in [0.25, 0.3) is 5.91 Å². The van der Waals surface area contributed by atoms with Crippen molar-refractivity contribution in [3.05, 3.63) is 69.4 Å². The molecule has 0 aliphatic carbocycles. The van der Waals surface area contributed by atoms with Crippen molar-refractivity contribution in [2.75, 3.05) is 7.11 Å². The number of nitrogens with zero attached hydrogens (tertiary/aromatic N) is 1. The zero-order valence-corrected chi connectivity index (χ0v) is 13.9. The smallest absolute Gasteiger partial charge is 0.254 e. The van der Waals surface area contributed by atoms with Gasteiger partial charge in [0.1, 0.15) is 5.82 Å². The van der Waals surface area contributed by atoms with Gasteiger partial charge >= 0.3 is 0 Å². The fourth-order valence-electron chi connectivity index (χ4n) is 2.07. The van der Waals surface area contributed by atoms with Gasteiger partial charge in [0.15, 0.2) is 6.10 Å². The Morgan fingerprint density at radius 2 is 2.04 bits per heavy atom. The van der Waals surface area contributed by atoms with E-state index in [1.165, 1.54) is 19.2 Å². The highest BCUT2D eigenvalue weighted by atomic mass is 79.9. The third-order valence-electron chi connectivity index (χ3n) is 3.26. The minimum atomic E-state index is -1.04. The van der Waals surface area contributed by atoms with Crippen molar-refractivity contribution in [3.63, 3.8) is 0 Å². The van der Waals surface area contributed by atoms with Gasteiger partial charge in [-0.05, 0) is 35.9 Å². The van der Waals surface area contributed by atoms with Crippen molar-refractivity contribution in [3.8, 4) is 6.07 Å². The van der Waals surface area contributed by atoms with E-state index < -0.39 is 17.8 Å². The third kappa shape index (κ3) is 4.38. The molecule has 4 nitrogen and oxygen atoms in total. The zero-order valence-electron chi connectivity index (χ0n) is 12.3. The third-order valence-corrected chi connectivity index (χ3v) is 3.76. The molecule has 118 valence electrons. The van der Waals surface area contributed by atoms with Crippen LogP contribution in [0.2, 0.25) is 0 Å². The number of hydrogen-bond donors (Lipinski definition) is 1. The van der Waals surface area contributed by atoms with Gasteiger partial charge in [0.05, 0.1) is 11.6 Å². The Hall–Kier alpha value is -2.23. The summed E-state index contributed by atoms with van der Waals surface area (Å²) in [4.78, 5) is 12.3. The molecule has 2 aromatic carbocycles. The Labute approximate surface area is 142 Å². The van der Waals surface area contributed by atoms with Crippen LogP contribution in [0.1, 0.15) is 22.8 Å². The fourth-order valence-corrected chi connectivity index (χ4v) is 2.45. The molecule has 1 atom stereocenters. The monoisotopic (exact) mass is 376 g/mol. The van der Waals surface area contributed by atoms with Crippen LogP contribution >= 0.6 is 15.9 Å². The van der Waals surface area contributed by atoms with Gasteiger partial charge in [-0.15, -0.1) is 0 Å². The normalized spacial score (nSPS) is 11.6. The van der Waals surface area contributed by atoms with E-state index in [4.69, 9.17) is 10.00 Å². The summed E-state index contributed by atoms with van der Waals surface area (Å²) in [6.07, 6.45) is -1.04. The van der Waals surface area contributed by atoms with Crippen LogP contribution in [0.5, 0.6) is 0 Å². The van der Waals surface area contributed by atoms with Gasteiger partial charge < -0.3 is 10.1 Å². The lowest BCUT2D eigenvalue weighted by atomic mass is 10.1. The Balaban J connectivity index is 2.08.